The zero-order valence-corrected chi connectivity index (χ0v) is 19.5. The van der Waals surface area contributed by atoms with E-state index in [0.29, 0.717) is 39.3 Å². The van der Waals surface area contributed by atoms with Gasteiger partial charge in [-0.05, 0) is 56.5 Å². The van der Waals surface area contributed by atoms with Gasteiger partial charge in [0.05, 0.1) is 18.2 Å². The van der Waals surface area contributed by atoms with Gasteiger partial charge in [0.25, 0.3) is 0 Å². The zero-order valence-electron chi connectivity index (χ0n) is 18.0. The molecular formula is C23H29Cl2N3O3. The Balaban J connectivity index is 2.10. The molecule has 0 spiro atoms. The molecule has 1 atom stereocenters. The average Bonchev–Trinajstić information content (AvgIpc) is 2.72. The van der Waals surface area contributed by atoms with E-state index in [2.05, 4.69) is 23.7 Å². The monoisotopic (exact) mass is 465 g/mol. The van der Waals surface area contributed by atoms with Crippen molar-refractivity contribution >= 4 is 35.2 Å². The first-order chi connectivity index (χ1) is 14.8. The van der Waals surface area contributed by atoms with E-state index in [9.17, 15) is 9.59 Å². The summed E-state index contributed by atoms with van der Waals surface area (Å²) in [6.07, 6.45) is 3.82. The lowest BCUT2D eigenvalue weighted by molar-refractivity contribution is -0.139. The highest BCUT2D eigenvalue weighted by atomic mass is 35.5. The number of carbonyl (C=O) groups excluding carboxylic acids is 2. The molecular weight excluding hydrogens is 437 g/mol. The van der Waals surface area contributed by atoms with Gasteiger partial charge in [-0.25, -0.2) is 9.59 Å². The van der Waals surface area contributed by atoms with Crippen LogP contribution >= 0.6 is 23.2 Å². The molecule has 0 bridgehead atoms. The SMILES string of the molecule is C=CCN1C(=O)NC(c2ccc(Cl)cc2Cl)C(C(=O)OCC)=C1CN1CCC(C)CC1. The van der Waals surface area contributed by atoms with E-state index in [1.165, 1.54) is 0 Å². The van der Waals surface area contributed by atoms with Crippen LogP contribution in [0.5, 0.6) is 0 Å². The number of likely N-dealkylation sites (tertiary alicyclic amines) is 1. The lowest BCUT2D eigenvalue weighted by Crippen LogP contribution is -2.51. The van der Waals surface area contributed by atoms with Gasteiger partial charge in [-0.2, -0.15) is 0 Å². The summed E-state index contributed by atoms with van der Waals surface area (Å²) in [6.45, 7) is 10.6. The summed E-state index contributed by atoms with van der Waals surface area (Å²) >= 11 is 12.5. The van der Waals surface area contributed by atoms with Gasteiger partial charge in [0, 0.05) is 28.8 Å². The molecule has 1 aromatic rings. The first kappa shape index (κ1) is 23.6. The summed E-state index contributed by atoms with van der Waals surface area (Å²) in [6, 6.07) is 4.01. The second-order valence-corrected chi connectivity index (χ2v) is 8.83. The van der Waals surface area contributed by atoms with Crippen LogP contribution in [0.3, 0.4) is 0 Å². The molecule has 1 unspecified atom stereocenters. The molecule has 1 N–H and O–H groups in total. The fourth-order valence-corrected chi connectivity index (χ4v) is 4.56. The van der Waals surface area contributed by atoms with Crippen molar-refractivity contribution in [1.82, 2.24) is 15.1 Å². The number of benzene rings is 1. The minimum absolute atomic E-state index is 0.229. The van der Waals surface area contributed by atoms with Crippen molar-refractivity contribution in [3.05, 3.63) is 57.7 Å². The van der Waals surface area contributed by atoms with Crippen LogP contribution in [0.2, 0.25) is 10.0 Å². The number of urea groups is 1. The third-order valence-corrected chi connectivity index (χ3v) is 6.33. The van der Waals surface area contributed by atoms with E-state index in [1.54, 1.807) is 36.1 Å². The van der Waals surface area contributed by atoms with Crippen LogP contribution < -0.4 is 5.32 Å². The third-order valence-electron chi connectivity index (χ3n) is 5.77. The number of nitrogens with one attached hydrogen (secondary N) is 1. The molecule has 2 aliphatic heterocycles. The summed E-state index contributed by atoms with van der Waals surface area (Å²) < 4.78 is 5.41. The molecule has 1 aromatic carbocycles. The lowest BCUT2D eigenvalue weighted by atomic mass is 9.93. The fraction of sp³-hybridized carbons (Fsp3) is 0.478. The van der Waals surface area contributed by atoms with Gasteiger partial charge in [-0.3, -0.25) is 9.80 Å². The van der Waals surface area contributed by atoms with Crippen LogP contribution in [0, 0.1) is 5.92 Å². The zero-order chi connectivity index (χ0) is 22.5. The van der Waals surface area contributed by atoms with Gasteiger partial charge in [-0.15, -0.1) is 6.58 Å². The molecule has 3 rings (SSSR count). The Kier molecular flexibility index (Phi) is 8.03. The maximum Gasteiger partial charge on any atom is 0.338 e. The molecule has 8 heteroatoms. The van der Waals surface area contributed by atoms with E-state index in [4.69, 9.17) is 27.9 Å². The molecule has 0 saturated carbocycles. The number of ether oxygens (including phenoxy) is 1. The molecule has 2 amide bonds. The van der Waals surface area contributed by atoms with Crippen LogP contribution in [0.4, 0.5) is 4.79 Å². The van der Waals surface area contributed by atoms with Gasteiger partial charge in [0.2, 0.25) is 0 Å². The maximum atomic E-state index is 13.1. The lowest BCUT2D eigenvalue weighted by Gasteiger charge is -2.39. The van der Waals surface area contributed by atoms with Crippen molar-refractivity contribution in [3.8, 4) is 0 Å². The molecule has 6 nitrogen and oxygen atoms in total. The fourth-order valence-electron chi connectivity index (χ4n) is 4.05. The highest BCUT2D eigenvalue weighted by Gasteiger charge is 2.39. The standard InChI is InChI=1S/C23H29Cl2N3O3/c1-4-10-28-19(14-27-11-8-15(3)9-12-27)20(22(29)31-5-2)21(26-23(28)30)17-7-6-16(24)13-18(17)25/h4,6-7,13,15,21H,1,5,8-12,14H2,2-3H3,(H,26,30). The Morgan fingerprint density at radius 1 is 1.32 bits per heavy atom. The number of carbonyl (C=O) groups is 2. The largest absolute Gasteiger partial charge is 0.463 e. The number of esters is 1. The summed E-state index contributed by atoms with van der Waals surface area (Å²) in [7, 11) is 0. The van der Waals surface area contributed by atoms with Crippen LogP contribution in [0.1, 0.15) is 38.3 Å². The van der Waals surface area contributed by atoms with Crippen molar-refractivity contribution in [2.24, 2.45) is 5.92 Å². The Morgan fingerprint density at radius 3 is 2.65 bits per heavy atom. The normalized spacial score (nSPS) is 20.6. The minimum atomic E-state index is -0.726. The van der Waals surface area contributed by atoms with E-state index >= 15 is 0 Å². The average molecular weight is 466 g/mol. The third kappa shape index (κ3) is 5.43. The Bertz CT molecular complexity index is 879. The van der Waals surface area contributed by atoms with E-state index in [-0.39, 0.29) is 19.2 Å². The maximum absolute atomic E-state index is 13.1. The molecule has 0 aromatic heterocycles. The van der Waals surface area contributed by atoms with Crippen molar-refractivity contribution in [1.29, 1.82) is 0 Å². The second kappa shape index (κ2) is 10.5. The number of halogens is 2. The smallest absolute Gasteiger partial charge is 0.338 e. The Labute approximate surface area is 193 Å². The van der Waals surface area contributed by atoms with Gasteiger partial charge < -0.3 is 10.1 Å². The predicted molar refractivity (Wildman–Crippen MR) is 123 cm³/mol. The van der Waals surface area contributed by atoms with Gasteiger partial charge in [0.1, 0.15) is 0 Å². The molecule has 0 aliphatic carbocycles. The molecule has 2 aliphatic rings. The first-order valence-electron chi connectivity index (χ1n) is 10.6. The van der Waals surface area contributed by atoms with Crippen molar-refractivity contribution in [2.75, 3.05) is 32.8 Å². The van der Waals surface area contributed by atoms with Gasteiger partial charge >= 0.3 is 12.0 Å². The molecule has 168 valence electrons. The molecule has 1 fully saturated rings. The van der Waals surface area contributed by atoms with Crippen LogP contribution in [-0.4, -0.2) is 54.6 Å². The van der Waals surface area contributed by atoms with Crippen LogP contribution in [0.15, 0.2) is 42.1 Å². The molecule has 1 saturated heterocycles. The van der Waals surface area contributed by atoms with Gasteiger partial charge in [-0.1, -0.05) is 42.3 Å². The quantitative estimate of drug-likeness (QED) is 0.464. The Morgan fingerprint density at radius 2 is 2.03 bits per heavy atom. The van der Waals surface area contributed by atoms with E-state index in [1.807, 2.05) is 0 Å². The summed E-state index contributed by atoms with van der Waals surface area (Å²) in [5, 5.41) is 3.78. The minimum Gasteiger partial charge on any atom is -0.463 e. The van der Waals surface area contributed by atoms with Crippen LogP contribution in [-0.2, 0) is 9.53 Å². The van der Waals surface area contributed by atoms with Gasteiger partial charge in [0.15, 0.2) is 0 Å². The van der Waals surface area contributed by atoms with Crippen LogP contribution in [0.25, 0.3) is 0 Å². The molecule has 31 heavy (non-hydrogen) atoms. The molecule has 0 radical (unpaired) electrons. The van der Waals surface area contributed by atoms with E-state index < -0.39 is 12.0 Å². The number of nitrogens with zero attached hydrogens (tertiary/aromatic N) is 2. The number of amides is 2. The van der Waals surface area contributed by atoms with Crippen molar-refractivity contribution in [2.45, 2.75) is 32.7 Å². The topological polar surface area (TPSA) is 61.9 Å². The Hall–Kier alpha value is -2.02. The molecule has 2 heterocycles. The highest BCUT2D eigenvalue weighted by molar-refractivity contribution is 6.35. The number of hydrogen-bond acceptors (Lipinski definition) is 4. The number of piperidine rings is 1. The summed E-state index contributed by atoms with van der Waals surface area (Å²) in [4.78, 5) is 30.1. The number of hydrogen-bond donors (Lipinski definition) is 1. The summed E-state index contributed by atoms with van der Waals surface area (Å²) in [5.41, 5.74) is 1.63. The van der Waals surface area contributed by atoms with Crippen molar-refractivity contribution in [3.63, 3.8) is 0 Å². The number of rotatable bonds is 7. The summed E-state index contributed by atoms with van der Waals surface area (Å²) in [5.74, 6) is 0.210. The van der Waals surface area contributed by atoms with Crippen molar-refractivity contribution < 1.29 is 14.3 Å². The van der Waals surface area contributed by atoms with E-state index in [0.717, 1.165) is 25.9 Å². The highest BCUT2D eigenvalue weighted by Crippen LogP contribution is 2.36. The first-order valence-corrected chi connectivity index (χ1v) is 11.4. The second-order valence-electron chi connectivity index (χ2n) is 7.99. The predicted octanol–water partition coefficient (Wildman–Crippen LogP) is 4.79.